The van der Waals surface area contributed by atoms with Gasteiger partial charge >= 0.3 is 42.8 Å². The summed E-state index contributed by atoms with van der Waals surface area (Å²) in [7, 11) is 0. The van der Waals surface area contributed by atoms with Gasteiger partial charge in [-0.1, -0.05) is 0 Å². The zero-order chi connectivity index (χ0) is 2.00. The van der Waals surface area contributed by atoms with Gasteiger partial charge in [0.05, 0.1) is 0 Å². The first kappa shape index (κ1) is 26.9. The van der Waals surface area contributed by atoms with Crippen LogP contribution in [0.4, 0.5) is 0 Å². The zero-order valence-corrected chi connectivity index (χ0v) is 6.88. The summed E-state index contributed by atoms with van der Waals surface area (Å²) in [6, 6.07) is 0. The third-order valence-electron chi connectivity index (χ3n) is 0. The first-order chi connectivity index (χ1) is 1.00. The van der Waals surface area contributed by atoms with Gasteiger partial charge in [-0.05, 0) is 0 Å². The van der Waals surface area contributed by atoms with Crippen molar-refractivity contribution in [3.63, 3.8) is 0 Å². The molecular formula is H2CuMgMnOZn. The van der Waals surface area contributed by atoms with Crippen molar-refractivity contribution in [2.24, 2.45) is 0 Å². The summed E-state index contributed by atoms with van der Waals surface area (Å²) >= 11 is 1.69. The zero-order valence-electron chi connectivity index (χ0n) is 1.79. The van der Waals surface area contributed by atoms with Gasteiger partial charge in [0.15, 0.2) is 0 Å². The summed E-state index contributed by atoms with van der Waals surface area (Å²) in [6.07, 6.45) is 0. The molecule has 0 amide bonds. The minimum absolute atomic E-state index is 0. The Balaban J connectivity index is -0.00000000167. The quantitative estimate of drug-likeness (QED) is 0.482. The van der Waals surface area contributed by atoms with E-state index in [2.05, 4.69) is 0 Å². The van der Waals surface area contributed by atoms with Crippen molar-refractivity contribution in [3.8, 4) is 0 Å². The van der Waals surface area contributed by atoms with Crippen LogP contribution >= 0.6 is 0 Å². The van der Waals surface area contributed by atoms with Crippen molar-refractivity contribution in [2.45, 2.75) is 0 Å². The van der Waals surface area contributed by atoms with Crippen molar-refractivity contribution >= 4 is 23.1 Å². The van der Waals surface area contributed by atoms with E-state index in [0.717, 1.165) is 0 Å². The molecule has 0 bridgehead atoms. The van der Waals surface area contributed by atoms with Gasteiger partial charge in [-0.15, -0.1) is 0 Å². The Morgan fingerprint density at radius 1 is 1.20 bits per heavy atom. The molecule has 0 atom stereocenters. The smallest absolute Gasteiger partial charge is 0 e. The van der Waals surface area contributed by atoms with Crippen LogP contribution in [0, 0.1) is 0 Å². The van der Waals surface area contributed by atoms with Crippen LogP contribution in [-0.4, -0.2) is 23.1 Å². The summed E-state index contributed by atoms with van der Waals surface area (Å²) in [5.41, 5.74) is 0. The molecule has 0 aromatic carbocycles. The fraction of sp³-hybridized carbons (Fsp3) is 0. The minimum Gasteiger partial charge on any atom is 0 e. The molecule has 0 aliphatic heterocycles. The molecule has 0 rings (SSSR count). The summed E-state index contributed by atoms with van der Waals surface area (Å²) in [5, 5.41) is 0. The topological polar surface area (TPSA) is 17.1 Å². The molecule has 5 heavy (non-hydrogen) atoms. The summed E-state index contributed by atoms with van der Waals surface area (Å²) in [4.78, 5) is 0. The van der Waals surface area contributed by atoms with Crippen molar-refractivity contribution in [1.29, 1.82) is 0 Å². The van der Waals surface area contributed by atoms with Gasteiger partial charge in [-0.3, -0.25) is 0 Å². The number of rotatable bonds is 0. The van der Waals surface area contributed by atoms with E-state index in [-0.39, 0.29) is 59.6 Å². The van der Waals surface area contributed by atoms with Gasteiger partial charge in [0.2, 0.25) is 0 Å². The molecule has 0 unspecified atom stereocenters. The first-order valence-corrected chi connectivity index (χ1v) is 0.636. The van der Waals surface area contributed by atoms with Crippen LogP contribution in [0.5, 0.6) is 0 Å². The number of hydrogen-bond acceptors (Lipinski definition) is 1. The SMILES string of the molecule is [Cu].[MgH2].[O]=[Mn].[Zn]. The van der Waals surface area contributed by atoms with Gasteiger partial charge in [0, 0.05) is 36.5 Å². The molecule has 1 radical (unpaired) electrons. The van der Waals surface area contributed by atoms with Gasteiger partial charge in [-0.2, -0.15) is 0 Å². The molecule has 30 valence electrons. The normalized spacial score (nSPS) is 0.800. The third kappa shape index (κ3) is 22.4. The van der Waals surface area contributed by atoms with E-state index in [1.807, 2.05) is 0 Å². The fourth-order valence-corrected chi connectivity index (χ4v) is 0. The molecular weight excluding hydrogens is 224 g/mol. The van der Waals surface area contributed by atoms with E-state index in [0.29, 0.717) is 0 Å². The van der Waals surface area contributed by atoms with Crippen LogP contribution in [0.15, 0.2) is 0 Å². The molecule has 0 fully saturated rings. The van der Waals surface area contributed by atoms with Crippen molar-refractivity contribution in [2.75, 3.05) is 0 Å². The maximum atomic E-state index is 8.06. The fourth-order valence-electron chi connectivity index (χ4n) is 0. The Bertz CT molecular complexity index is 11.6. The Hall–Kier alpha value is 2.23. The molecule has 5 heteroatoms. The third-order valence-corrected chi connectivity index (χ3v) is 0. The molecule has 0 aromatic rings. The van der Waals surface area contributed by atoms with Crippen LogP contribution in [0.2, 0.25) is 0 Å². The van der Waals surface area contributed by atoms with E-state index >= 15 is 0 Å². The molecule has 0 heterocycles. The van der Waals surface area contributed by atoms with Crippen LogP contribution in [0.3, 0.4) is 0 Å². The summed E-state index contributed by atoms with van der Waals surface area (Å²) < 4.78 is 8.06. The van der Waals surface area contributed by atoms with Gasteiger partial charge in [0.25, 0.3) is 0 Å². The van der Waals surface area contributed by atoms with E-state index in [9.17, 15) is 0 Å². The molecule has 0 aromatic heterocycles. The van der Waals surface area contributed by atoms with Gasteiger partial charge in [-0.25, -0.2) is 0 Å². The second kappa shape index (κ2) is 34.3. The molecule has 1 nitrogen and oxygen atoms in total. The van der Waals surface area contributed by atoms with Gasteiger partial charge < -0.3 is 0 Å². The van der Waals surface area contributed by atoms with Gasteiger partial charge in [0.1, 0.15) is 0 Å². The predicted molar refractivity (Wildman–Crippen MR) is 9.23 cm³/mol. The van der Waals surface area contributed by atoms with Crippen LogP contribution in [-0.2, 0) is 56.3 Å². The van der Waals surface area contributed by atoms with Crippen LogP contribution < -0.4 is 0 Å². The van der Waals surface area contributed by atoms with Crippen molar-refractivity contribution in [3.05, 3.63) is 0 Å². The average molecular weight is 226 g/mol. The standard InChI is InChI=1S/Cu.Mg.Mn.O.Zn.2H. The van der Waals surface area contributed by atoms with Crippen molar-refractivity contribution in [1.82, 2.24) is 0 Å². The van der Waals surface area contributed by atoms with Crippen LogP contribution in [0.1, 0.15) is 0 Å². The second-order valence-electron chi connectivity index (χ2n) is 0. The molecule has 0 N–H and O–H groups in total. The maximum Gasteiger partial charge on any atom is 0 e. The van der Waals surface area contributed by atoms with E-state index in [1.165, 1.54) is 0 Å². The molecule has 0 saturated carbocycles. The minimum atomic E-state index is 0. The van der Waals surface area contributed by atoms with E-state index < -0.39 is 0 Å². The monoisotopic (exact) mass is 224 g/mol. The Morgan fingerprint density at radius 3 is 1.20 bits per heavy atom. The summed E-state index contributed by atoms with van der Waals surface area (Å²) in [5.74, 6) is 0. The largest absolute Gasteiger partial charge is 0 e. The molecule has 0 saturated heterocycles. The maximum absolute atomic E-state index is 8.06. The predicted octanol–water partition coefficient (Wildman–Crippen LogP) is -1.04. The number of hydrogen-bond donors (Lipinski definition) is 0. The van der Waals surface area contributed by atoms with Crippen LogP contribution in [0.25, 0.3) is 0 Å². The molecule has 0 aliphatic carbocycles. The first-order valence-electron chi connectivity index (χ1n) is 0.154. The Morgan fingerprint density at radius 2 is 1.20 bits per heavy atom. The van der Waals surface area contributed by atoms with Crippen molar-refractivity contribution < 1.29 is 56.3 Å². The average Bonchev–Trinajstić information content (AvgIpc) is 1.00. The Labute approximate surface area is 78.4 Å². The Kier molecular flexibility index (Phi) is 184. The summed E-state index contributed by atoms with van der Waals surface area (Å²) in [6.45, 7) is 0. The second-order valence-corrected chi connectivity index (χ2v) is 0. The molecule has 0 spiro atoms. The van der Waals surface area contributed by atoms with E-state index in [1.54, 1.807) is 15.9 Å². The molecule has 0 aliphatic rings. The van der Waals surface area contributed by atoms with E-state index in [4.69, 9.17) is 3.83 Å².